The van der Waals surface area contributed by atoms with Crippen molar-refractivity contribution in [2.45, 2.75) is 25.5 Å². The molecule has 0 aliphatic rings. The Morgan fingerprint density at radius 3 is 2.81 bits per heavy atom. The largest absolute Gasteiger partial charge is 0.298 e. The molecule has 4 rings (SSSR count). The maximum Gasteiger partial charge on any atom is 0.193 e. The zero-order valence-corrected chi connectivity index (χ0v) is 18.7. The highest BCUT2D eigenvalue weighted by atomic mass is 32.2. The molecule has 0 fully saturated rings. The lowest BCUT2D eigenvalue weighted by Gasteiger charge is -2.08. The molecule has 0 saturated heterocycles. The molecule has 1 aromatic carbocycles. The second-order valence-electron chi connectivity index (χ2n) is 6.83. The SMILES string of the molecule is C=CCn1c(SCC(=O)c2cc(C)n(-c3nccs3)c2C)nnc1-c1ccccc1F. The number of aromatic nitrogens is 5. The smallest absolute Gasteiger partial charge is 0.193 e. The average Bonchev–Trinajstić information content (AvgIpc) is 3.47. The van der Waals surface area contributed by atoms with Crippen LogP contribution in [0.3, 0.4) is 0 Å². The van der Waals surface area contributed by atoms with Crippen LogP contribution in [0.1, 0.15) is 21.7 Å². The van der Waals surface area contributed by atoms with Crippen LogP contribution in [0.15, 0.2) is 59.7 Å². The summed E-state index contributed by atoms with van der Waals surface area (Å²) in [5.74, 6) is 0.216. The number of hydrogen-bond acceptors (Lipinski definition) is 6. The minimum Gasteiger partial charge on any atom is -0.298 e. The van der Waals surface area contributed by atoms with E-state index in [0.29, 0.717) is 28.7 Å². The Morgan fingerprint density at radius 2 is 2.10 bits per heavy atom. The van der Waals surface area contributed by atoms with Gasteiger partial charge in [0.05, 0.1) is 11.3 Å². The zero-order valence-electron chi connectivity index (χ0n) is 17.1. The van der Waals surface area contributed by atoms with Crippen molar-refractivity contribution >= 4 is 28.9 Å². The minimum atomic E-state index is -0.373. The number of Topliss-reactive ketones (excluding diaryl/α,β-unsaturated/α-hetero) is 1. The Hall–Kier alpha value is -3.04. The molecular formula is C22H20FN5OS2. The summed E-state index contributed by atoms with van der Waals surface area (Å²) in [5.41, 5.74) is 2.83. The van der Waals surface area contributed by atoms with E-state index in [9.17, 15) is 9.18 Å². The zero-order chi connectivity index (χ0) is 22.0. The molecule has 0 aliphatic heterocycles. The Labute approximate surface area is 187 Å². The van der Waals surface area contributed by atoms with E-state index in [0.717, 1.165) is 16.5 Å². The number of rotatable bonds is 8. The van der Waals surface area contributed by atoms with Crippen LogP contribution >= 0.6 is 23.1 Å². The number of allylic oxidation sites excluding steroid dienone is 1. The molecule has 0 radical (unpaired) electrons. The topological polar surface area (TPSA) is 65.6 Å². The van der Waals surface area contributed by atoms with E-state index in [2.05, 4.69) is 21.8 Å². The van der Waals surface area contributed by atoms with Gasteiger partial charge in [0, 0.05) is 35.1 Å². The average molecular weight is 454 g/mol. The minimum absolute atomic E-state index is 0.0125. The third kappa shape index (κ3) is 4.11. The number of thioether (sulfide) groups is 1. The van der Waals surface area contributed by atoms with E-state index < -0.39 is 0 Å². The molecule has 0 saturated carbocycles. The van der Waals surface area contributed by atoms with Crippen LogP contribution < -0.4 is 0 Å². The molecule has 0 aliphatic carbocycles. The van der Waals surface area contributed by atoms with Crippen molar-refractivity contribution in [1.29, 1.82) is 0 Å². The molecule has 0 spiro atoms. The first-order valence-electron chi connectivity index (χ1n) is 9.55. The van der Waals surface area contributed by atoms with Crippen LogP contribution in [0.2, 0.25) is 0 Å². The first-order chi connectivity index (χ1) is 15.0. The van der Waals surface area contributed by atoms with Gasteiger partial charge in [-0.2, -0.15) is 0 Å². The van der Waals surface area contributed by atoms with Gasteiger partial charge in [-0.15, -0.1) is 28.1 Å². The second kappa shape index (κ2) is 8.99. The monoisotopic (exact) mass is 453 g/mol. The van der Waals surface area contributed by atoms with Crippen LogP contribution in [-0.4, -0.2) is 35.9 Å². The second-order valence-corrected chi connectivity index (χ2v) is 8.65. The van der Waals surface area contributed by atoms with Gasteiger partial charge in [-0.05, 0) is 32.0 Å². The van der Waals surface area contributed by atoms with Gasteiger partial charge in [0.15, 0.2) is 21.9 Å². The predicted octanol–water partition coefficient (Wildman–Crippen LogP) is 5.11. The van der Waals surface area contributed by atoms with Crippen LogP contribution in [0.5, 0.6) is 0 Å². The number of aryl methyl sites for hydroxylation is 1. The van der Waals surface area contributed by atoms with Crippen molar-refractivity contribution in [3.63, 3.8) is 0 Å². The van der Waals surface area contributed by atoms with Crippen molar-refractivity contribution < 1.29 is 9.18 Å². The summed E-state index contributed by atoms with van der Waals surface area (Å²) in [6.45, 7) is 8.06. The predicted molar refractivity (Wildman–Crippen MR) is 122 cm³/mol. The first kappa shape index (κ1) is 21.2. The number of thiazole rings is 1. The summed E-state index contributed by atoms with van der Waals surface area (Å²) in [7, 11) is 0. The number of benzene rings is 1. The molecule has 0 N–H and O–H groups in total. The lowest BCUT2D eigenvalue weighted by atomic mass is 10.2. The van der Waals surface area contributed by atoms with E-state index in [-0.39, 0.29) is 17.4 Å². The summed E-state index contributed by atoms with van der Waals surface area (Å²) in [4.78, 5) is 17.3. The number of ketones is 1. The summed E-state index contributed by atoms with van der Waals surface area (Å²) in [5, 5.41) is 11.7. The molecule has 31 heavy (non-hydrogen) atoms. The van der Waals surface area contributed by atoms with E-state index in [4.69, 9.17) is 0 Å². The normalized spacial score (nSPS) is 11.1. The van der Waals surface area contributed by atoms with Crippen molar-refractivity contribution in [3.8, 4) is 16.5 Å². The van der Waals surface area contributed by atoms with Crippen molar-refractivity contribution in [2.75, 3.05) is 5.75 Å². The van der Waals surface area contributed by atoms with E-state index in [1.165, 1.54) is 29.2 Å². The van der Waals surface area contributed by atoms with Crippen molar-refractivity contribution in [2.24, 2.45) is 0 Å². The number of carbonyl (C=O) groups excluding carboxylic acids is 1. The lowest BCUT2D eigenvalue weighted by molar-refractivity contribution is 0.102. The number of nitrogens with zero attached hydrogens (tertiary/aromatic N) is 5. The Bertz CT molecular complexity index is 1240. The van der Waals surface area contributed by atoms with Gasteiger partial charge in [0.1, 0.15) is 5.82 Å². The molecule has 0 bridgehead atoms. The van der Waals surface area contributed by atoms with Gasteiger partial charge in [0.2, 0.25) is 0 Å². The maximum atomic E-state index is 14.3. The molecule has 3 heterocycles. The summed E-state index contributed by atoms with van der Waals surface area (Å²) < 4.78 is 18.0. The van der Waals surface area contributed by atoms with Crippen LogP contribution in [0.25, 0.3) is 16.5 Å². The van der Waals surface area contributed by atoms with Gasteiger partial charge in [-0.3, -0.25) is 13.9 Å². The molecule has 0 amide bonds. The molecule has 6 nitrogen and oxygen atoms in total. The van der Waals surface area contributed by atoms with Crippen molar-refractivity contribution in [1.82, 2.24) is 24.3 Å². The van der Waals surface area contributed by atoms with E-state index >= 15 is 0 Å². The van der Waals surface area contributed by atoms with Crippen LogP contribution in [-0.2, 0) is 6.54 Å². The fourth-order valence-corrected chi connectivity index (χ4v) is 4.99. The van der Waals surface area contributed by atoms with Gasteiger partial charge < -0.3 is 0 Å². The Kier molecular flexibility index (Phi) is 6.15. The molecule has 4 aromatic rings. The molecular weight excluding hydrogens is 433 g/mol. The van der Waals surface area contributed by atoms with Gasteiger partial charge in [0.25, 0.3) is 0 Å². The van der Waals surface area contributed by atoms with E-state index in [1.54, 1.807) is 35.0 Å². The summed E-state index contributed by atoms with van der Waals surface area (Å²) >= 11 is 2.80. The molecule has 0 atom stereocenters. The molecule has 3 aromatic heterocycles. The molecule has 9 heteroatoms. The van der Waals surface area contributed by atoms with Crippen molar-refractivity contribution in [3.05, 3.63) is 77.3 Å². The highest BCUT2D eigenvalue weighted by Gasteiger charge is 2.21. The highest BCUT2D eigenvalue weighted by molar-refractivity contribution is 7.99. The quantitative estimate of drug-likeness (QED) is 0.211. The van der Waals surface area contributed by atoms with Crippen LogP contribution in [0.4, 0.5) is 4.39 Å². The fraction of sp³-hybridized carbons (Fsp3) is 0.182. The number of hydrogen-bond donors (Lipinski definition) is 0. The first-order valence-corrected chi connectivity index (χ1v) is 11.4. The Balaban J connectivity index is 1.58. The number of halogens is 1. The van der Waals surface area contributed by atoms with Gasteiger partial charge in [-0.25, -0.2) is 9.37 Å². The fourth-order valence-electron chi connectivity index (χ4n) is 3.40. The Morgan fingerprint density at radius 1 is 1.29 bits per heavy atom. The van der Waals surface area contributed by atoms with Gasteiger partial charge >= 0.3 is 0 Å². The van der Waals surface area contributed by atoms with Crippen LogP contribution in [0, 0.1) is 19.7 Å². The number of carbonyl (C=O) groups is 1. The van der Waals surface area contributed by atoms with Gasteiger partial charge in [-0.1, -0.05) is 30.0 Å². The lowest BCUT2D eigenvalue weighted by Crippen LogP contribution is -2.07. The third-order valence-electron chi connectivity index (χ3n) is 4.82. The molecule has 0 unspecified atom stereocenters. The summed E-state index contributed by atoms with van der Waals surface area (Å²) in [6.07, 6.45) is 3.44. The standard InChI is InChI=1S/C22H20FN5OS2/c1-4-10-27-20(16-7-5-6-8-18(16)23)25-26-22(27)31-13-19(29)17-12-14(2)28(15(17)3)21-24-9-11-30-21/h4-9,11-12H,1,10,13H2,2-3H3. The third-order valence-corrected chi connectivity index (χ3v) is 6.54. The highest BCUT2D eigenvalue weighted by Crippen LogP contribution is 2.28. The molecule has 158 valence electrons. The maximum absolute atomic E-state index is 14.3. The van der Waals surface area contributed by atoms with E-state index in [1.807, 2.05) is 29.9 Å². The summed E-state index contributed by atoms with van der Waals surface area (Å²) in [6, 6.07) is 8.31.